The van der Waals surface area contributed by atoms with E-state index in [0.717, 1.165) is 17.9 Å². The molecule has 1 aromatic carbocycles. The lowest BCUT2D eigenvalue weighted by molar-refractivity contribution is 0.254. The van der Waals surface area contributed by atoms with E-state index in [1.54, 1.807) is 0 Å². The van der Waals surface area contributed by atoms with Crippen LogP contribution in [0.25, 0.3) is 0 Å². The molecule has 0 amide bonds. The summed E-state index contributed by atoms with van der Waals surface area (Å²) in [7, 11) is 0. The SMILES string of the molecule is Brc1ccc(C(CNC2CC2)C2CCC2)cc1. The molecule has 0 radical (unpaired) electrons. The predicted molar refractivity (Wildman–Crippen MR) is 75.2 cm³/mol. The Labute approximate surface area is 112 Å². The highest BCUT2D eigenvalue weighted by Crippen LogP contribution is 2.39. The fraction of sp³-hybridized carbons (Fsp3) is 0.600. The molecule has 0 aromatic heterocycles. The molecule has 0 spiro atoms. The van der Waals surface area contributed by atoms with Gasteiger partial charge in [-0.15, -0.1) is 0 Å². The first-order valence-corrected chi connectivity index (χ1v) is 7.61. The average Bonchev–Trinajstić information content (AvgIpc) is 3.06. The minimum Gasteiger partial charge on any atom is -0.313 e. The third kappa shape index (κ3) is 2.92. The molecule has 1 unspecified atom stereocenters. The first-order valence-electron chi connectivity index (χ1n) is 6.82. The number of benzene rings is 1. The van der Waals surface area contributed by atoms with Crippen LogP contribution in [0.2, 0.25) is 0 Å². The third-order valence-electron chi connectivity index (χ3n) is 4.22. The number of hydrogen-bond acceptors (Lipinski definition) is 1. The Morgan fingerprint density at radius 2 is 1.82 bits per heavy atom. The molecule has 1 N–H and O–H groups in total. The van der Waals surface area contributed by atoms with Crippen molar-refractivity contribution in [3.63, 3.8) is 0 Å². The number of rotatable bonds is 5. The van der Waals surface area contributed by atoms with Crippen LogP contribution in [0.15, 0.2) is 28.7 Å². The average molecular weight is 294 g/mol. The maximum absolute atomic E-state index is 3.71. The fourth-order valence-electron chi connectivity index (χ4n) is 2.69. The lowest BCUT2D eigenvalue weighted by Gasteiger charge is -2.34. The van der Waals surface area contributed by atoms with Gasteiger partial charge in [-0.3, -0.25) is 0 Å². The topological polar surface area (TPSA) is 12.0 Å². The Balaban J connectivity index is 1.69. The molecule has 0 heterocycles. The zero-order chi connectivity index (χ0) is 11.7. The minimum atomic E-state index is 0.734. The summed E-state index contributed by atoms with van der Waals surface area (Å²) in [6.07, 6.45) is 7.05. The highest BCUT2D eigenvalue weighted by molar-refractivity contribution is 9.10. The van der Waals surface area contributed by atoms with Crippen LogP contribution in [-0.4, -0.2) is 12.6 Å². The van der Waals surface area contributed by atoms with E-state index >= 15 is 0 Å². The largest absolute Gasteiger partial charge is 0.313 e. The van der Waals surface area contributed by atoms with E-state index in [-0.39, 0.29) is 0 Å². The summed E-state index contributed by atoms with van der Waals surface area (Å²) in [4.78, 5) is 0. The van der Waals surface area contributed by atoms with Crippen molar-refractivity contribution in [2.75, 3.05) is 6.54 Å². The normalized spacial score (nSPS) is 22.2. The molecule has 17 heavy (non-hydrogen) atoms. The maximum atomic E-state index is 3.71. The van der Waals surface area contributed by atoms with Crippen LogP contribution in [0.5, 0.6) is 0 Å². The van der Waals surface area contributed by atoms with Gasteiger partial charge >= 0.3 is 0 Å². The van der Waals surface area contributed by atoms with Crippen molar-refractivity contribution in [1.29, 1.82) is 0 Å². The predicted octanol–water partition coefficient (Wildman–Crippen LogP) is 4.08. The van der Waals surface area contributed by atoms with Gasteiger partial charge in [0.2, 0.25) is 0 Å². The molecule has 1 aromatic rings. The summed E-state index contributed by atoms with van der Waals surface area (Å²) >= 11 is 3.52. The van der Waals surface area contributed by atoms with Crippen LogP contribution >= 0.6 is 15.9 Å². The van der Waals surface area contributed by atoms with Gasteiger partial charge in [0.15, 0.2) is 0 Å². The molecule has 1 nitrogen and oxygen atoms in total. The summed E-state index contributed by atoms with van der Waals surface area (Å²) in [5, 5.41) is 3.71. The molecular formula is C15H20BrN. The summed E-state index contributed by atoms with van der Waals surface area (Å²) in [6.45, 7) is 1.18. The van der Waals surface area contributed by atoms with Crippen molar-refractivity contribution in [3.05, 3.63) is 34.3 Å². The van der Waals surface area contributed by atoms with Crippen LogP contribution in [0.1, 0.15) is 43.6 Å². The lowest BCUT2D eigenvalue weighted by atomic mass is 9.73. The second-order valence-electron chi connectivity index (χ2n) is 5.53. The second kappa shape index (κ2) is 5.11. The zero-order valence-electron chi connectivity index (χ0n) is 10.2. The summed E-state index contributed by atoms with van der Waals surface area (Å²) in [5.41, 5.74) is 1.52. The van der Waals surface area contributed by atoms with Gasteiger partial charge in [-0.25, -0.2) is 0 Å². The van der Waals surface area contributed by atoms with Gasteiger partial charge in [-0.2, -0.15) is 0 Å². The molecular weight excluding hydrogens is 274 g/mol. The van der Waals surface area contributed by atoms with Crippen molar-refractivity contribution in [2.45, 2.75) is 44.1 Å². The van der Waals surface area contributed by atoms with Crippen molar-refractivity contribution in [3.8, 4) is 0 Å². The van der Waals surface area contributed by atoms with Crippen LogP contribution < -0.4 is 5.32 Å². The highest BCUT2D eigenvalue weighted by Gasteiger charge is 2.30. The molecule has 2 heteroatoms. The van der Waals surface area contributed by atoms with Crippen molar-refractivity contribution < 1.29 is 0 Å². The van der Waals surface area contributed by atoms with Gasteiger partial charge in [0.05, 0.1) is 0 Å². The van der Waals surface area contributed by atoms with Gasteiger partial charge in [-0.1, -0.05) is 34.5 Å². The van der Waals surface area contributed by atoms with E-state index in [1.807, 2.05) is 0 Å². The number of nitrogens with one attached hydrogen (secondary N) is 1. The van der Waals surface area contributed by atoms with Crippen molar-refractivity contribution >= 4 is 15.9 Å². The Bertz CT molecular complexity index is 365. The Morgan fingerprint density at radius 3 is 2.35 bits per heavy atom. The van der Waals surface area contributed by atoms with E-state index in [4.69, 9.17) is 0 Å². The van der Waals surface area contributed by atoms with Crippen LogP contribution in [0, 0.1) is 5.92 Å². The first-order chi connectivity index (χ1) is 8.33. The summed E-state index contributed by atoms with van der Waals surface area (Å²) in [6, 6.07) is 9.77. The Kier molecular flexibility index (Phi) is 3.53. The second-order valence-corrected chi connectivity index (χ2v) is 6.45. The molecule has 2 saturated carbocycles. The number of halogens is 1. The molecule has 2 aliphatic carbocycles. The minimum absolute atomic E-state index is 0.734. The molecule has 92 valence electrons. The summed E-state index contributed by atoms with van der Waals surface area (Å²) in [5.74, 6) is 1.65. The molecule has 2 aliphatic rings. The smallest absolute Gasteiger partial charge is 0.0175 e. The fourth-order valence-corrected chi connectivity index (χ4v) is 2.95. The van der Waals surface area contributed by atoms with Crippen LogP contribution in [-0.2, 0) is 0 Å². The molecule has 1 atom stereocenters. The lowest BCUT2D eigenvalue weighted by Crippen LogP contribution is -2.31. The van der Waals surface area contributed by atoms with E-state index in [2.05, 4.69) is 45.5 Å². The van der Waals surface area contributed by atoms with Crippen molar-refractivity contribution in [2.24, 2.45) is 5.92 Å². The van der Waals surface area contributed by atoms with Crippen LogP contribution in [0.4, 0.5) is 0 Å². The molecule has 0 saturated heterocycles. The summed E-state index contributed by atoms with van der Waals surface area (Å²) < 4.78 is 1.18. The van der Waals surface area contributed by atoms with Gasteiger partial charge < -0.3 is 5.32 Å². The van der Waals surface area contributed by atoms with E-state index < -0.39 is 0 Å². The van der Waals surface area contributed by atoms with Gasteiger partial charge in [0, 0.05) is 17.1 Å². The quantitative estimate of drug-likeness (QED) is 0.862. The van der Waals surface area contributed by atoms with Gasteiger partial charge in [-0.05, 0) is 55.2 Å². The molecule has 3 rings (SSSR count). The Hall–Kier alpha value is -0.340. The Morgan fingerprint density at radius 1 is 1.12 bits per heavy atom. The van der Waals surface area contributed by atoms with E-state index in [1.165, 1.54) is 48.7 Å². The van der Waals surface area contributed by atoms with E-state index in [0.29, 0.717) is 0 Å². The maximum Gasteiger partial charge on any atom is 0.0175 e. The molecule has 0 aliphatic heterocycles. The zero-order valence-corrected chi connectivity index (χ0v) is 11.7. The third-order valence-corrected chi connectivity index (χ3v) is 4.75. The van der Waals surface area contributed by atoms with Gasteiger partial charge in [0.25, 0.3) is 0 Å². The van der Waals surface area contributed by atoms with Gasteiger partial charge in [0.1, 0.15) is 0 Å². The highest BCUT2D eigenvalue weighted by atomic mass is 79.9. The van der Waals surface area contributed by atoms with Crippen LogP contribution in [0.3, 0.4) is 0 Å². The molecule has 0 bridgehead atoms. The monoisotopic (exact) mass is 293 g/mol. The standard InChI is InChI=1S/C15H20BrN/c16-13-6-4-12(5-7-13)15(11-2-1-3-11)10-17-14-8-9-14/h4-7,11,14-15,17H,1-3,8-10H2. The van der Waals surface area contributed by atoms with Crippen molar-refractivity contribution in [1.82, 2.24) is 5.32 Å². The number of hydrogen-bond donors (Lipinski definition) is 1. The van der Waals surface area contributed by atoms with E-state index in [9.17, 15) is 0 Å². The molecule has 2 fully saturated rings. The first kappa shape index (κ1) is 11.7.